The van der Waals surface area contributed by atoms with Gasteiger partial charge in [-0.3, -0.25) is 9.48 Å². The molecule has 1 saturated heterocycles. The number of hydrogen-bond donors (Lipinski definition) is 0. The number of anilines is 1. The molecule has 0 bridgehead atoms. The van der Waals surface area contributed by atoms with Crippen molar-refractivity contribution >= 4 is 33.7 Å². The average Bonchev–Trinajstić information content (AvgIpc) is 2.88. The van der Waals surface area contributed by atoms with Gasteiger partial charge in [0.1, 0.15) is 11.9 Å². The van der Waals surface area contributed by atoms with Crippen LogP contribution in [0.1, 0.15) is 17.3 Å². The van der Waals surface area contributed by atoms with Crippen LogP contribution in [0.15, 0.2) is 34.8 Å². The van der Waals surface area contributed by atoms with E-state index in [1.165, 1.54) is 9.80 Å². The first-order chi connectivity index (χ1) is 10.4. The highest BCUT2D eigenvalue weighted by Crippen LogP contribution is 2.33. The zero-order valence-electron chi connectivity index (χ0n) is 12.4. The largest absolute Gasteiger partial charge is 0.333 e. The van der Waals surface area contributed by atoms with Crippen LogP contribution in [-0.2, 0) is 11.8 Å². The van der Waals surface area contributed by atoms with E-state index in [2.05, 4.69) is 21.0 Å². The SMILES string of the molecule is Cc1cc(N2C(=O)C(c3cccc(Br)c3)N(C)C2=O)n(C)n1. The van der Waals surface area contributed by atoms with Gasteiger partial charge >= 0.3 is 6.03 Å². The van der Waals surface area contributed by atoms with Gasteiger partial charge in [0.25, 0.3) is 5.91 Å². The van der Waals surface area contributed by atoms with Gasteiger partial charge < -0.3 is 4.90 Å². The Balaban J connectivity index is 2.04. The van der Waals surface area contributed by atoms with Gasteiger partial charge in [-0.2, -0.15) is 5.10 Å². The lowest BCUT2D eigenvalue weighted by Crippen LogP contribution is -2.32. The van der Waals surface area contributed by atoms with E-state index in [-0.39, 0.29) is 11.9 Å². The Morgan fingerprint density at radius 1 is 1.18 bits per heavy atom. The van der Waals surface area contributed by atoms with Gasteiger partial charge in [0.05, 0.1) is 5.69 Å². The Morgan fingerprint density at radius 2 is 1.91 bits per heavy atom. The van der Waals surface area contributed by atoms with Gasteiger partial charge in [-0.25, -0.2) is 9.69 Å². The Hall–Kier alpha value is -2.15. The minimum Gasteiger partial charge on any atom is -0.311 e. The van der Waals surface area contributed by atoms with Gasteiger partial charge in [-0.15, -0.1) is 0 Å². The second kappa shape index (κ2) is 5.24. The topological polar surface area (TPSA) is 58.4 Å². The molecule has 2 aromatic rings. The number of aromatic nitrogens is 2. The first kappa shape index (κ1) is 14.8. The van der Waals surface area contributed by atoms with E-state index < -0.39 is 6.04 Å². The lowest BCUT2D eigenvalue weighted by atomic mass is 10.1. The summed E-state index contributed by atoms with van der Waals surface area (Å²) in [6.45, 7) is 1.82. The third kappa shape index (κ3) is 2.21. The van der Waals surface area contributed by atoms with Gasteiger partial charge in [0.15, 0.2) is 0 Å². The van der Waals surface area contributed by atoms with Crippen LogP contribution in [0.3, 0.4) is 0 Å². The van der Waals surface area contributed by atoms with Crippen LogP contribution in [0.2, 0.25) is 0 Å². The molecule has 0 radical (unpaired) electrons. The molecule has 0 N–H and O–H groups in total. The number of nitrogens with zero attached hydrogens (tertiary/aromatic N) is 4. The number of amides is 3. The average molecular weight is 363 g/mol. The van der Waals surface area contributed by atoms with Gasteiger partial charge in [0, 0.05) is 24.6 Å². The second-order valence-electron chi connectivity index (χ2n) is 5.29. The Bertz CT molecular complexity index is 771. The second-order valence-corrected chi connectivity index (χ2v) is 6.21. The van der Waals surface area contributed by atoms with Crippen LogP contribution in [-0.4, -0.2) is 33.7 Å². The van der Waals surface area contributed by atoms with Crippen molar-refractivity contribution in [2.75, 3.05) is 11.9 Å². The predicted octanol–water partition coefficient (Wildman–Crippen LogP) is 2.63. The minimum absolute atomic E-state index is 0.270. The number of aryl methyl sites for hydroxylation is 2. The van der Waals surface area contributed by atoms with Crippen LogP contribution in [0.25, 0.3) is 0 Å². The Kier molecular flexibility index (Phi) is 3.52. The first-order valence-corrected chi connectivity index (χ1v) is 7.56. The van der Waals surface area contributed by atoms with E-state index in [1.807, 2.05) is 31.2 Å². The summed E-state index contributed by atoms with van der Waals surface area (Å²) >= 11 is 3.40. The molecule has 1 fully saturated rings. The Labute approximate surface area is 136 Å². The fourth-order valence-electron chi connectivity index (χ4n) is 2.71. The number of likely N-dealkylation sites (N-methyl/N-ethyl adjacent to an activating group) is 1. The number of rotatable bonds is 2. The van der Waals surface area contributed by atoms with Crippen molar-refractivity contribution in [3.63, 3.8) is 0 Å². The molecule has 22 heavy (non-hydrogen) atoms. The van der Waals surface area contributed by atoms with Crippen molar-refractivity contribution in [3.05, 3.63) is 46.1 Å². The van der Waals surface area contributed by atoms with Crippen LogP contribution in [0.4, 0.5) is 10.6 Å². The molecule has 114 valence electrons. The van der Waals surface area contributed by atoms with Gasteiger partial charge in [-0.05, 0) is 24.6 Å². The molecule has 3 amide bonds. The number of hydrogen-bond acceptors (Lipinski definition) is 3. The third-order valence-corrected chi connectivity index (χ3v) is 4.20. The molecule has 0 spiro atoms. The molecule has 0 aliphatic carbocycles. The van der Waals surface area contributed by atoms with Crippen LogP contribution < -0.4 is 4.90 Å². The number of carbonyl (C=O) groups excluding carboxylic acids is 2. The van der Waals surface area contributed by atoms with Crippen molar-refractivity contribution in [2.24, 2.45) is 7.05 Å². The molecule has 2 heterocycles. The maximum atomic E-state index is 12.8. The summed E-state index contributed by atoms with van der Waals surface area (Å²) in [7, 11) is 3.35. The Morgan fingerprint density at radius 3 is 2.50 bits per heavy atom. The van der Waals surface area contributed by atoms with Crippen LogP contribution >= 0.6 is 15.9 Å². The molecule has 1 aliphatic rings. The number of carbonyl (C=O) groups is 2. The molecular formula is C15H15BrN4O2. The highest BCUT2D eigenvalue weighted by atomic mass is 79.9. The molecule has 0 saturated carbocycles. The monoisotopic (exact) mass is 362 g/mol. The summed E-state index contributed by atoms with van der Waals surface area (Å²) in [4.78, 5) is 28.0. The normalized spacial score (nSPS) is 18.5. The van der Waals surface area contributed by atoms with E-state index in [0.29, 0.717) is 5.82 Å². The summed E-state index contributed by atoms with van der Waals surface area (Å²) in [6, 6.07) is 8.18. The number of halogens is 1. The molecular weight excluding hydrogens is 348 g/mol. The summed E-state index contributed by atoms with van der Waals surface area (Å²) in [5, 5.41) is 4.21. The molecule has 1 atom stereocenters. The highest BCUT2D eigenvalue weighted by Gasteiger charge is 2.45. The summed E-state index contributed by atoms with van der Waals surface area (Å²) < 4.78 is 2.41. The van der Waals surface area contributed by atoms with Crippen LogP contribution in [0, 0.1) is 6.92 Å². The molecule has 1 aromatic heterocycles. The van der Waals surface area contributed by atoms with Crippen molar-refractivity contribution in [2.45, 2.75) is 13.0 Å². The quantitative estimate of drug-likeness (QED) is 0.771. The van der Waals surface area contributed by atoms with Crippen molar-refractivity contribution in [1.82, 2.24) is 14.7 Å². The van der Waals surface area contributed by atoms with Crippen LogP contribution in [0.5, 0.6) is 0 Å². The molecule has 1 aromatic carbocycles. The van der Waals surface area contributed by atoms with E-state index in [0.717, 1.165) is 15.7 Å². The van der Waals surface area contributed by atoms with E-state index >= 15 is 0 Å². The van der Waals surface area contributed by atoms with Crippen molar-refractivity contribution in [1.29, 1.82) is 0 Å². The number of benzene rings is 1. The molecule has 7 heteroatoms. The number of urea groups is 1. The highest BCUT2D eigenvalue weighted by molar-refractivity contribution is 9.10. The van der Waals surface area contributed by atoms with Gasteiger partial charge in [0.2, 0.25) is 0 Å². The smallest absolute Gasteiger partial charge is 0.311 e. The van der Waals surface area contributed by atoms with E-state index in [1.54, 1.807) is 24.8 Å². The fourth-order valence-corrected chi connectivity index (χ4v) is 3.13. The molecule has 6 nitrogen and oxygen atoms in total. The maximum absolute atomic E-state index is 12.8. The standard InChI is InChI=1S/C15H15BrN4O2/c1-9-7-12(19(3)17-9)20-14(21)13(18(2)15(20)22)10-5-4-6-11(16)8-10/h4-8,13H,1-3H3. The molecule has 1 unspecified atom stereocenters. The maximum Gasteiger partial charge on any atom is 0.333 e. The van der Waals surface area contributed by atoms with Gasteiger partial charge in [-0.1, -0.05) is 28.1 Å². The lowest BCUT2D eigenvalue weighted by molar-refractivity contribution is -0.119. The third-order valence-electron chi connectivity index (χ3n) is 3.71. The van der Waals surface area contributed by atoms with Crippen molar-refractivity contribution in [3.8, 4) is 0 Å². The molecule has 3 rings (SSSR count). The van der Waals surface area contributed by atoms with E-state index in [9.17, 15) is 9.59 Å². The van der Waals surface area contributed by atoms with E-state index in [4.69, 9.17) is 0 Å². The van der Waals surface area contributed by atoms with Crippen molar-refractivity contribution < 1.29 is 9.59 Å². The first-order valence-electron chi connectivity index (χ1n) is 6.77. The summed E-state index contributed by atoms with van der Waals surface area (Å²) in [5.41, 5.74) is 1.53. The lowest BCUT2D eigenvalue weighted by Gasteiger charge is -2.16. The molecule has 1 aliphatic heterocycles. The summed E-state index contributed by atoms with van der Waals surface area (Å²) in [6.07, 6.45) is 0. The zero-order chi connectivity index (χ0) is 16.0. The number of imide groups is 1. The summed E-state index contributed by atoms with van der Waals surface area (Å²) in [5.74, 6) is 0.213. The minimum atomic E-state index is -0.625. The zero-order valence-corrected chi connectivity index (χ0v) is 14.0. The predicted molar refractivity (Wildman–Crippen MR) is 85.5 cm³/mol. The fraction of sp³-hybridized carbons (Fsp3) is 0.267.